The number of carbonyl (C=O) groups excluding carboxylic acids is 1. The average Bonchev–Trinajstić information content (AvgIpc) is 2.40. The van der Waals surface area contributed by atoms with E-state index < -0.39 is 0 Å². The van der Waals surface area contributed by atoms with E-state index in [0.717, 1.165) is 28.1 Å². The lowest BCUT2D eigenvalue weighted by Gasteiger charge is -2.18. The third-order valence-corrected chi connectivity index (χ3v) is 3.96. The van der Waals surface area contributed by atoms with Crippen molar-refractivity contribution < 1.29 is 4.79 Å². The van der Waals surface area contributed by atoms with Crippen LogP contribution in [-0.4, -0.2) is 30.4 Å². The quantitative estimate of drug-likeness (QED) is 0.766. The van der Waals surface area contributed by atoms with Gasteiger partial charge in [0.1, 0.15) is 0 Å². The molecule has 0 aliphatic carbocycles. The molecule has 19 heavy (non-hydrogen) atoms. The van der Waals surface area contributed by atoms with Crippen LogP contribution < -0.4 is 5.32 Å². The molecule has 3 nitrogen and oxygen atoms in total. The Kier molecular flexibility index (Phi) is 7.42. The number of benzene rings is 1. The number of carbonyl (C=O) groups is 1. The predicted molar refractivity (Wildman–Crippen MR) is 83.4 cm³/mol. The molecule has 0 saturated carbocycles. The molecule has 1 amide bonds. The number of nitrogens with one attached hydrogen (secondary N) is 1. The maximum absolute atomic E-state index is 11.8. The van der Waals surface area contributed by atoms with Gasteiger partial charge in [0, 0.05) is 42.1 Å². The van der Waals surface area contributed by atoms with Crippen molar-refractivity contribution in [1.82, 2.24) is 10.2 Å². The number of halogens is 2. The Morgan fingerprint density at radius 2 is 2.05 bits per heavy atom. The van der Waals surface area contributed by atoms with E-state index in [0.29, 0.717) is 19.5 Å². The summed E-state index contributed by atoms with van der Waals surface area (Å²) >= 11 is 9.43. The maximum Gasteiger partial charge on any atom is 0.223 e. The zero-order chi connectivity index (χ0) is 14.3. The smallest absolute Gasteiger partial charge is 0.223 e. The van der Waals surface area contributed by atoms with Crippen molar-refractivity contribution in [3.63, 3.8) is 0 Å². The molecule has 0 saturated heterocycles. The van der Waals surface area contributed by atoms with Gasteiger partial charge in [-0.05, 0) is 37.6 Å². The van der Waals surface area contributed by atoms with Crippen LogP contribution in [0.3, 0.4) is 0 Å². The Morgan fingerprint density at radius 3 is 2.68 bits per heavy atom. The summed E-state index contributed by atoms with van der Waals surface area (Å²) in [4.78, 5) is 13.6. The van der Waals surface area contributed by atoms with Crippen LogP contribution in [0, 0.1) is 0 Å². The predicted octanol–water partition coefficient (Wildman–Crippen LogP) is 3.45. The summed E-state index contributed by atoms with van der Waals surface area (Å²) in [5.41, 5.74) is 1.10. The Hall–Kier alpha value is -0.580. The Morgan fingerprint density at radius 1 is 1.37 bits per heavy atom. The van der Waals surface area contributed by atoms with E-state index >= 15 is 0 Å². The van der Waals surface area contributed by atoms with Crippen LogP contribution in [0.5, 0.6) is 0 Å². The largest absolute Gasteiger partial charge is 0.343 e. The normalized spacial score (nSPS) is 10.5. The summed E-state index contributed by atoms with van der Waals surface area (Å²) in [5.74, 6) is 0.197. The summed E-state index contributed by atoms with van der Waals surface area (Å²) in [5, 5.41) is 3.99. The topological polar surface area (TPSA) is 32.3 Å². The van der Waals surface area contributed by atoms with Crippen LogP contribution in [0.25, 0.3) is 0 Å². The van der Waals surface area contributed by atoms with E-state index in [4.69, 9.17) is 11.6 Å². The molecule has 0 fully saturated rings. The summed E-state index contributed by atoms with van der Waals surface area (Å²) in [6.07, 6.45) is 0.528. The molecule has 0 atom stereocenters. The Labute approximate surface area is 128 Å². The molecule has 5 heteroatoms. The highest BCUT2D eigenvalue weighted by molar-refractivity contribution is 9.10. The fraction of sp³-hybridized carbons (Fsp3) is 0.500. The van der Waals surface area contributed by atoms with E-state index in [1.165, 1.54) is 0 Å². The monoisotopic (exact) mass is 346 g/mol. The van der Waals surface area contributed by atoms with Crippen LogP contribution in [0.4, 0.5) is 0 Å². The van der Waals surface area contributed by atoms with Gasteiger partial charge in [0.2, 0.25) is 5.91 Å². The average molecular weight is 348 g/mol. The molecule has 1 aromatic carbocycles. The SMILES string of the molecule is CCN(CC)C(=O)CCNCc1cc(Cl)ccc1Br. The van der Waals surface area contributed by atoms with Gasteiger partial charge >= 0.3 is 0 Å². The van der Waals surface area contributed by atoms with E-state index in [1.54, 1.807) is 0 Å². The Balaban J connectivity index is 2.35. The van der Waals surface area contributed by atoms with E-state index in [1.807, 2.05) is 36.9 Å². The minimum Gasteiger partial charge on any atom is -0.343 e. The van der Waals surface area contributed by atoms with Gasteiger partial charge in [0.05, 0.1) is 0 Å². The first kappa shape index (κ1) is 16.5. The molecule has 1 rings (SSSR count). The van der Waals surface area contributed by atoms with E-state index in [-0.39, 0.29) is 5.91 Å². The third kappa shape index (κ3) is 5.51. The molecule has 1 N–H and O–H groups in total. The van der Waals surface area contributed by atoms with Crippen LogP contribution in [0.1, 0.15) is 25.8 Å². The lowest BCUT2D eigenvalue weighted by Crippen LogP contribution is -2.32. The molecule has 1 aromatic rings. The Bertz CT molecular complexity index is 422. The van der Waals surface area contributed by atoms with Crippen LogP contribution in [0.15, 0.2) is 22.7 Å². The molecule has 0 aliphatic rings. The van der Waals surface area contributed by atoms with E-state index in [9.17, 15) is 4.79 Å². The second-order valence-electron chi connectivity index (χ2n) is 4.23. The van der Waals surface area contributed by atoms with Crippen molar-refractivity contribution in [3.05, 3.63) is 33.3 Å². The first-order chi connectivity index (χ1) is 9.08. The fourth-order valence-corrected chi connectivity index (χ4v) is 2.41. The number of amides is 1. The highest BCUT2D eigenvalue weighted by atomic mass is 79.9. The number of hydrogen-bond donors (Lipinski definition) is 1. The van der Waals surface area contributed by atoms with Gasteiger partial charge in [-0.15, -0.1) is 0 Å². The van der Waals surface area contributed by atoms with Crippen molar-refractivity contribution >= 4 is 33.4 Å². The molecule has 106 valence electrons. The molecule has 0 radical (unpaired) electrons. The second kappa shape index (κ2) is 8.56. The molecule has 0 heterocycles. The minimum absolute atomic E-state index is 0.197. The lowest BCUT2D eigenvalue weighted by molar-refractivity contribution is -0.130. The van der Waals surface area contributed by atoms with Crippen LogP contribution in [0.2, 0.25) is 5.02 Å². The lowest BCUT2D eigenvalue weighted by atomic mass is 10.2. The van der Waals surface area contributed by atoms with Gasteiger partial charge in [0.15, 0.2) is 0 Å². The number of nitrogens with zero attached hydrogens (tertiary/aromatic N) is 1. The summed E-state index contributed by atoms with van der Waals surface area (Å²) in [7, 11) is 0. The molecule has 0 aromatic heterocycles. The van der Waals surface area contributed by atoms with Gasteiger partial charge in [-0.2, -0.15) is 0 Å². The van der Waals surface area contributed by atoms with Crippen molar-refractivity contribution in [2.75, 3.05) is 19.6 Å². The number of hydrogen-bond acceptors (Lipinski definition) is 2. The summed E-state index contributed by atoms with van der Waals surface area (Å²) in [6.45, 7) is 6.92. The number of rotatable bonds is 7. The minimum atomic E-state index is 0.197. The maximum atomic E-state index is 11.8. The first-order valence-electron chi connectivity index (χ1n) is 6.50. The van der Waals surface area contributed by atoms with E-state index in [2.05, 4.69) is 21.2 Å². The van der Waals surface area contributed by atoms with Gasteiger partial charge in [-0.25, -0.2) is 0 Å². The van der Waals surface area contributed by atoms with Gasteiger partial charge in [0.25, 0.3) is 0 Å². The van der Waals surface area contributed by atoms with Crippen molar-refractivity contribution in [2.45, 2.75) is 26.8 Å². The van der Waals surface area contributed by atoms with Crippen molar-refractivity contribution in [2.24, 2.45) is 0 Å². The van der Waals surface area contributed by atoms with Crippen LogP contribution >= 0.6 is 27.5 Å². The zero-order valence-electron chi connectivity index (χ0n) is 11.4. The highest BCUT2D eigenvalue weighted by Gasteiger charge is 2.08. The third-order valence-electron chi connectivity index (χ3n) is 2.96. The molecular weight excluding hydrogens is 328 g/mol. The standard InChI is InChI=1S/C14H20BrClN2O/c1-3-18(4-2)14(19)7-8-17-10-11-9-12(16)5-6-13(11)15/h5-6,9,17H,3-4,7-8,10H2,1-2H3. The van der Waals surface area contributed by atoms with Crippen molar-refractivity contribution in [3.8, 4) is 0 Å². The molecule has 0 bridgehead atoms. The highest BCUT2D eigenvalue weighted by Crippen LogP contribution is 2.20. The molecular formula is C14H20BrClN2O. The molecule has 0 unspecified atom stereocenters. The van der Waals surface area contributed by atoms with Crippen LogP contribution in [-0.2, 0) is 11.3 Å². The van der Waals surface area contributed by atoms with Gasteiger partial charge in [-0.3, -0.25) is 4.79 Å². The molecule has 0 spiro atoms. The first-order valence-corrected chi connectivity index (χ1v) is 7.68. The summed E-state index contributed by atoms with van der Waals surface area (Å²) < 4.78 is 1.03. The van der Waals surface area contributed by atoms with Gasteiger partial charge in [-0.1, -0.05) is 27.5 Å². The fourth-order valence-electron chi connectivity index (χ4n) is 1.83. The molecule has 0 aliphatic heterocycles. The van der Waals surface area contributed by atoms with Crippen molar-refractivity contribution in [1.29, 1.82) is 0 Å². The zero-order valence-corrected chi connectivity index (χ0v) is 13.7. The van der Waals surface area contributed by atoms with Gasteiger partial charge < -0.3 is 10.2 Å². The second-order valence-corrected chi connectivity index (χ2v) is 5.52. The summed E-state index contributed by atoms with van der Waals surface area (Å²) in [6, 6.07) is 5.70.